The average Bonchev–Trinajstić information content (AvgIpc) is 2.90. The molecule has 0 atom stereocenters. The van der Waals surface area contributed by atoms with Crippen LogP contribution < -0.4 is 0 Å². The Morgan fingerprint density at radius 1 is 1.35 bits per heavy atom. The molecule has 7 heteroatoms. The van der Waals surface area contributed by atoms with Crippen molar-refractivity contribution in [1.29, 1.82) is 0 Å². The van der Waals surface area contributed by atoms with Crippen LogP contribution in [0.15, 0.2) is 6.33 Å². The van der Waals surface area contributed by atoms with E-state index in [4.69, 9.17) is 4.74 Å². The zero-order valence-corrected chi connectivity index (χ0v) is 13.9. The highest BCUT2D eigenvalue weighted by Crippen LogP contribution is 2.54. The minimum Gasteiger partial charge on any atom is -0.444 e. The Morgan fingerprint density at radius 3 is 2.57 bits per heavy atom. The van der Waals surface area contributed by atoms with Crippen LogP contribution in [0.25, 0.3) is 0 Å². The number of likely N-dealkylation sites (tertiary alicyclic amines) is 1. The van der Waals surface area contributed by atoms with Gasteiger partial charge in [-0.3, -0.25) is 0 Å². The number of amides is 1. The standard InChI is InChI=1S/C16H24N4O3/c1-14(2,3)23-13(21)19-8-15(9-19)6-11(7-15)20-10-17-12(18-20)16(22)4-5-16/h10-11,22H,4-9H2,1-3H3. The molecular weight excluding hydrogens is 296 g/mol. The van der Waals surface area contributed by atoms with Gasteiger partial charge in [-0.15, -0.1) is 0 Å². The second kappa shape index (κ2) is 4.47. The topological polar surface area (TPSA) is 80.5 Å². The maximum absolute atomic E-state index is 12.0. The van der Waals surface area contributed by atoms with Gasteiger partial charge in [0.1, 0.15) is 17.5 Å². The van der Waals surface area contributed by atoms with Crippen molar-refractivity contribution in [2.45, 2.75) is 63.7 Å². The number of ether oxygens (including phenoxy) is 1. The third-order valence-electron chi connectivity index (χ3n) is 5.06. The van der Waals surface area contributed by atoms with Crippen molar-refractivity contribution in [2.75, 3.05) is 13.1 Å². The van der Waals surface area contributed by atoms with E-state index in [2.05, 4.69) is 10.1 Å². The lowest BCUT2D eigenvalue weighted by Crippen LogP contribution is -2.64. The molecule has 1 aromatic rings. The van der Waals surface area contributed by atoms with Crippen molar-refractivity contribution in [3.63, 3.8) is 0 Å². The maximum Gasteiger partial charge on any atom is 0.410 e. The van der Waals surface area contributed by atoms with Crippen LogP contribution in [0.1, 0.15) is 58.3 Å². The van der Waals surface area contributed by atoms with Gasteiger partial charge in [0, 0.05) is 18.5 Å². The Morgan fingerprint density at radius 2 is 2.00 bits per heavy atom. The van der Waals surface area contributed by atoms with Crippen molar-refractivity contribution in [1.82, 2.24) is 19.7 Å². The van der Waals surface area contributed by atoms with Gasteiger partial charge < -0.3 is 14.7 Å². The van der Waals surface area contributed by atoms with Crippen LogP contribution in [0.4, 0.5) is 4.79 Å². The molecule has 0 aromatic carbocycles. The number of rotatable bonds is 2. The largest absolute Gasteiger partial charge is 0.444 e. The Labute approximate surface area is 135 Å². The molecule has 1 spiro atoms. The van der Waals surface area contributed by atoms with Crippen molar-refractivity contribution in [2.24, 2.45) is 5.41 Å². The smallest absolute Gasteiger partial charge is 0.410 e. The molecule has 0 radical (unpaired) electrons. The summed E-state index contributed by atoms with van der Waals surface area (Å²) < 4.78 is 7.28. The van der Waals surface area contributed by atoms with Gasteiger partial charge in [0.15, 0.2) is 5.82 Å². The highest BCUT2D eigenvalue weighted by Gasteiger charge is 2.55. The normalized spacial score (nSPS) is 25.0. The molecule has 3 fully saturated rings. The third kappa shape index (κ3) is 2.60. The first kappa shape index (κ1) is 14.9. The molecule has 1 aromatic heterocycles. The van der Waals surface area contributed by atoms with Crippen molar-refractivity contribution >= 4 is 6.09 Å². The lowest BCUT2D eigenvalue weighted by molar-refractivity contribution is -0.0929. The quantitative estimate of drug-likeness (QED) is 0.899. The molecule has 0 unspecified atom stereocenters. The maximum atomic E-state index is 12.0. The van der Waals surface area contributed by atoms with Gasteiger partial charge in [-0.2, -0.15) is 5.10 Å². The highest BCUT2D eigenvalue weighted by atomic mass is 16.6. The SMILES string of the molecule is CC(C)(C)OC(=O)N1CC2(CC(n3cnc(C4(O)CC4)n3)C2)C1. The molecule has 1 aliphatic heterocycles. The van der Waals surface area contributed by atoms with Crippen LogP contribution in [0, 0.1) is 5.41 Å². The van der Waals surface area contributed by atoms with Gasteiger partial charge in [0.25, 0.3) is 0 Å². The lowest BCUT2D eigenvalue weighted by Gasteiger charge is -2.58. The molecule has 1 N–H and O–H groups in total. The zero-order chi connectivity index (χ0) is 16.5. The average molecular weight is 320 g/mol. The van der Waals surface area contributed by atoms with Crippen LogP contribution in [0.2, 0.25) is 0 Å². The molecule has 1 saturated heterocycles. The molecule has 2 aliphatic carbocycles. The Hall–Kier alpha value is -1.63. The number of carbonyl (C=O) groups is 1. The summed E-state index contributed by atoms with van der Waals surface area (Å²) in [5.74, 6) is 0.558. The van der Waals surface area contributed by atoms with Crippen LogP contribution in [-0.4, -0.2) is 49.6 Å². The molecule has 126 valence electrons. The Balaban J connectivity index is 1.29. The van der Waals surface area contributed by atoms with Gasteiger partial charge in [0.2, 0.25) is 0 Å². The fraction of sp³-hybridized carbons (Fsp3) is 0.812. The second-order valence-electron chi connectivity index (χ2n) is 8.48. The molecule has 2 saturated carbocycles. The van der Waals surface area contributed by atoms with E-state index in [1.807, 2.05) is 25.5 Å². The van der Waals surface area contributed by atoms with Gasteiger partial charge >= 0.3 is 6.09 Å². The summed E-state index contributed by atoms with van der Waals surface area (Å²) in [7, 11) is 0. The Kier molecular flexibility index (Phi) is 2.90. The van der Waals surface area contributed by atoms with Gasteiger partial charge in [0.05, 0.1) is 6.04 Å². The van der Waals surface area contributed by atoms with E-state index in [1.54, 1.807) is 11.2 Å². The summed E-state index contributed by atoms with van der Waals surface area (Å²) in [5, 5.41) is 14.5. The molecule has 0 bridgehead atoms. The van der Waals surface area contributed by atoms with Crippen molar-refractivity contribution < 1.29 is 14.6 Å². The first-order chi connectivity index (χ1) is 10.7. The van der Waals surface area contributed by atoms with Gasteiger partial charge in [-0.05, 0) is 46.5 Å². The minimum absolute atomic E-state index is 0.217. The summed E-state index contributed by atoms with van der Waals surface area (Å²) in [6.45, 7) is 7.19. The fourth-order valence-corrected chi connectivity index (χ4v) is 3.61. The summed E-state index contributed by atoms with van der Waals surface area (Å²) in [4.78, 5) is 18.0. The van der Waals surface area contributed by atoms with E-state index in [1.165, 1.54) is 0 Å². The summed E-state index contributed by atoms with van der Waals surface area (Å²) in [5.41, 5.74) is -0.983. The lowest BCUT2D eigenvalue weighted by atomic mass is 9.61. The van der Waals surface area contributed by atoms with E-state index in [-0.39, 0.29) is 11.5 Å². The van der Waals surface area contributed by atoms with E-state index in [0.717, 1.165) is 38.8 Å². The molecular formula is C16H24N4O3. The zero-order valence-electron chi connectivity index (χ0n) is 13.9. The number of hydrogen-bond acceptors (Lipinski definition) is 5. The van der Waals surface area contributed by atoms with Gasteiger partial charge in [-0.1, -0.05) is 0 Å². The molecule has 4 rings (SSSR count). The Bertz CT molecular complexity index is 630. The van der Waals surface area contributed by atoms with E-state index in [9.17, 15) is 9.90 Å². The van der Waals surface area contributed by atoms with Crippen LogP contribution in [-0.2, 0) is 10.3 Å². The summed E-state index contributed by atoms with van der Waals surface area (Å²) >= 11 is 0. The first-order valence-corrected chi connectivity index (χ1v) is 8.30. The van der Waals surface area contributed by atoms with Crippen LogP contribution in [0.5, 0.6) is 0 Å². The summed E-state index contributed by atoms with van der Waals surface area (Å²) in [6.07, 6.45) is 5.05. The van der Waals surface area contributed by atoms with Crippen LogP contribution >= 0.6 is 0 Å². The van der Waals surface area contributed by atoms with Gasteiger partial charge in [-0.25, -0.2) is 14.5 Å². The number of aliphatic hydroxyl groups is 1. The number of nitrogens with zero attached hydrogens (tertiary/aromatic N) is 4. The molecule has 23 heavy (non-hydrogen) atoms. The second-order valence-corrected chi connectivity index (χ2v) is 8.48. The third-order valence-corrected chi connectivity index (χ3v) is 5.06. The minimum atomic E-state index is -0.767. The van der Waals surface area contributed by atoms with E-state index >= 15 is 0 Å². The predicted octanol–water partition coefficient (Wildman–Crippen LogP) is 1.83. The number of carbonyl (C=O) groups excluding carboxylic acids is 1. The van der Waals surface area contributed by atoms with E-state index < -0.39 is 11.2 Å². The van der Waals surface area contributed by atoms with Crippen molar-refractivity contribution in [3.8, 4) is 0 Å². The molecule has 3 aliphatic rings. The van der Waals surface area contributed by atoms with Crippen LogP contribution in [0.3, 0.4) is 0 Å². The first-order valence-electron chi connectivity index (χ1n) is 8.30. The molecule has 7 nitrogen and oxygen atoms in total. The highest BCUT2D eigenvalue weighted by molar-refractivity contribution is 5.69. The summed E-state index contributed by atoms with van der Waals surface area (Å²) in [6, 6.07) is 0.333. The predicted molar refractivity (Wildman–Crippen MR) is 81.7 cm³/mol. The van der Waals surface area contributed by atoms with Crippen molar-refractivity contribution in [3.05, 3.63) is 12.2 Å². The monoisotopic (exact) mass is 320 g/mol. The molecule has 2 heterocycles. The van der Waals surface area contributed by atoms with E-state index in [0.29, 0.717) is 11.9 Å². The fourth-order valence-electron chi connectivity index (χ4n) is 3.61. The number of hydrogen-bond donors (Lipinski definition) is 1. The molecule has 1 amide bonds. The number of aromatic nitrogens is 3.